The highest BCUT2D eigenvalue weighted by molar-refractivity contribution is 5.91. The van der Waals surface area contributed by atoms with Crippen molar-refractivity contribution in [3.05, 3.63) is 29.3 Å². The van der Waals surface area contributed by atoms with E-state index in [1.54, 1.807) is 12.1 Å². The first-order chi connectivity index (χ1) is 12.6. The molecule has 2 saturated heterocycles. The molecule has 1 unspecified atom stereocenters. The summed E-state index contributed by atoms with van der Waals surface area (Å²) < 4.78 is 5.13. The molecular formula is C20H30N2O4. The summed E-state index contributed by atoms with van der Waals surface area (Å²) in [5.41, 5.74) is 1.24. The second kappa shape index (κ2) is 8.84. The van der Waals surface area contributed by atoms with E-state index in [1.165, 1.54) is 13.5 Å². The van der Waals surface area contributed by atoms with Crippen LogP contribution < -0.4 is 4.74 Å². The van der Waals surface area contributed by atoms with Crippen LogP contribution in [0, 0.1) is 5.92 Å². The van der Waals surface area contributed by atoms with Crippen LogP contribution in [0.2, 0.25) is 0 Å². The maximum Gasteiger partial charge on any atom is 0.339 e. The molecule has 26 heavy (non-hydrogen) atoms. The first-order valence-corrected chi connectivity index (χ1v) is 9.58. The number of rotatable bonds is 6. The molecule has 0 radical (unpaired) electrons. The van der Waals surface area contributed by atoms with Crippen molar-refractivity contribution >= 4 is 5.97 Å². The molecule has 144 valence electrons. The third-order valence-electron chi connectivity index (χ3n) is 5.78. The SMILES string of the molecule is COc1ccc(CN2CCC(N3CCCC(CO)C3)CC2)cc1C(=O)O. The Hall–Kier alpha value is -1.63. The van der Waals surface area contributed by atoms with Crippen LogP contribution in [0.1, 0.15) is 41.6 Å². The number of methoxy groups -OCH3 is 1. The molecule has 1 aromatic rings. The van der Waals surface area contributed by atoms with Crippen LogP contribution in [0.3, 0.4) is 0 Å². The number of benzene rings is 1. The number of aliphatic hydroxyl groups is 1. The van der Waals surface area contributed by atoms with E-state index in [0.29, 0.717) is 24.3 Å². The van der Waals surface area contributed by atoms with Crippen LogP contribution in [0.25, 0.3) is 0 Å². The van der Waals surface area contributed by atoms with Crippen LogP contribution in [0.15, 0.2) is 18.2 Å². The van der Waals surface area contributed by atoms with Crippen molar-refractivity contribution < 1.29 is 19.7 Å². The first kappa shape index (κ1) is 19.1. The van der Waals surface area contributed by atoms with Crippen LogP contribution in [-0.2, 0) is 6.54 Å². The van der Waals surface area contributed by atoms with Crippen molar-refractivity contribution in [3.8, 4) is 5.75 Å². The van der Waals surface area contributed by atoms with E-state index in [4.69, 9.17) is 4.74 Å². The predicted molar refractivity (Wildman–Crippen MR) is 99.6 cm³/mol. The van der Waals surface area contributed by atoms with Gasteiger partial charge in [0, 0.05) is 25.7 Å². The van der Waals surface area contributed by atoms with Gasteiger partial charge in [-0.1, -0.05) is 6.07 Å². The third-order valence-corrected chi connectivity index (χ3v) is 5.78. The molecule has 2 N–H and O–H groups in total. The Labute approximate surface area is 155 Å². The lowest BCUT2D eigenvalue weighted by Gasteiger charge is -2.42. The first-order valence-electron chi connectivity index (χ1n) is 9.58. The van der Waals surface area contributed by atoms with Gasteiger partial charge < -0.3 is 14.9 Å². The molecule has 1 aromatic carbocycles. The Bertz CT molecular complexity index is 614. The number of nitrogens with zero attached hydrogens (tertiary/aromatic N) is 2. The van der Waals surface area contributed by atoms with E-state index in [2.05, 4.69) is 9.80 Å². The highest BCUT2D eigenvalue weighted by atomic mass is 16.5. The minimum absolute atomic E-state index is 0.225. The fourth-order valence-corrected chi connectivity index (χ4v) is 4.30. The van der Waals surface area contributed by atoms with Crippen molar-refractivity contribution in [1.29, 1.82) is 0 Å². The average molecular weight is 362 g/mol. The summed E-state index contributed by atoms with van der Waals surface area (Å²) in [7, 11) is 1.49. The van der Waals surface area contributed by atoms with Gasteiger partial charge in [-0.15, -0.1) is 0 Å². The Kier molecular flexibility index (Phi) is 6.51. The Balaban J connectivity index is 1.54. The summed E-state index contributed by atoms with van der Waals surface area (Å²) in [5.74, 6) is -0.107. The van der Waals surface area contributed by atoms with E-state index in [-0.39, 0.29) is 5.56 Å². The lowest BCUT2D eigenvalue weighted by Crippen LogP contribution is -2.48. The molecule has 0 saturated carbocycles. The number of hydrogen-bond acceptors (Lipinski definition) is 5. The highest BCUT2D eigenvalue weighted by Crippen LogP contribution is 2.25. The molecule has 0 aromatic heterocycles. The summed E-state index contributed by atoms with van der Waals surface area (Å²) in [6.07, 6.45) is 4.62. The summed E-state index contributed by atoms with van der Waals surface area (Å²) >= 11 is 0. The molecular weight excluding hydrogens is 332 g/mol. The largest absolute Gasteiger partial charge is 0.496 e. The maximum atomic E-state index is 11.4. The monoisotopic (exact) mass is 362 g/mol. The lowest BCUT2D eigenvalue weighted by molar-refractivity contribution is 0.0526. The molecule has 6 nitrogen and oxygen atoms in total. The molecule has 0 spiro atoms. The van der Waals surface area contributed by atoms with Gasteiger partial charge in [-0.3, -0.25) is 9.80 Å². The van der Waals surface area contributed by atoms with E-state index in [0.717, 1.165) is 57.5 Å². The topological polar surface area (TPSA) is 73.2 Å². The molecule has 1 atom stereocenters. The zero-order chi connectivity index (χ0) is 18.5. The van der Waals surface area contributed by atoms with Gasteiger partial charge >= 0.3 is 5.97 Å². The number of carboxylic acids is 1. The second-order valence-corrected chi connectivity index (χ2v) is 7.53. The average Bonchev–Trinajstić information content (AvgIpc) is 2.68. The van der Waals surface area contributed by atoms with Crippen LogP contribution in [0.5, 0.6) is 5.75 Å². The molecule has 2 fully saturated rings. The number of likely N-dealkylation sites (tertiary alicyclic amines) is 2. The highest BCUT2D eigenvalue weighted by Gasteiger charge is 2.28. The van der Waals surface area contributed by atoms with E-state index in [1.807, 2.05) is 6.07 Å². The van der Waals surface area contributed by atoms with Gasteiger partial charge in [-0.2, -0.15) is 0 Å². The van der Waals surface area contributed by atoms with E-state index >= 15 is 0 Å². The van der Waals surface area contributed by atoms with Gasteiger partial charge in [0.2, 0.25) is 0 Å². The van der Waals surface area contributed by atoms with Crippen molar-refractivity contribution in [2.45, 2.75) is 38.3 Å². The molecule has 2 heterocycles. The van der Waals surface area contributed by atoms with Gasteiger partial charge in [-0.05, 0) is 68.9 Å². The third kappa shape index (κ3) is 4.55. The van der Waals surface area contributed by atoms with Crippen molar-refractivity contribution in [3.63, 3.8) is 0 Å². The Morgan fingerprint density at radius 3 is 2.65 bits per heavy atom. The summed E-state index contributed by atoms with van der Waals surface area (Å²) in [6.45, 7) is 5.32. The van der Waals surface area contributed by atoms with Gasteiger partial charge in [0.25, 0.3) is 0 Å². The molecule has 3 rings (SSSR count). The van der Waals surface area contributed by atoms with Crippen LogP contribution in [0.4, 0.5) is 0 Å². The van der Waals surface area contributed by atoms with Gasteiger partial charge in [0.05, 0.1) is 7.11 Å². The predicted octanol–water partition coefficient (Wildman–Crippen LogP) is 2.06. The molecule has 2 aliphatic heterocycles. The molecule has 0 amide bonds. The van der Waals surface area contributed by atoms with Crippen molar-refractivity contribution in [1.82, 2.24) is 9.80 Å². The Morgan fingerprint density at radius 2 is 2.00 bits per heavy atom. The number of aromatic carboxylic acids is 1. The van der Waals surface area contributed by atoms with Gasteiger partial charge in [-0.25, -0.2) is 4.79 Å². The molecule has 2 aliphatic rings. The zero-order valence-electron chi connectivity index (χ0n) is 15.6. The van der Waals surface area contributed by atoms with E-state index < -0.39 is 5.97 Å². The number of carboxylic acid groups (broad SMARTS) is 1. The fraction of sp³-hybridized carbons (Fsp3) is 0.650. The van der Waals surface area contributed by atoms with Crippen LogP contribution in [-0.4, -0.2) is 71.9 Å². The summed E-state index contributed by atoms with van der Waals surface area (Å²) in [5, 5.41) is 18.8. The second-order valence-electron chi connectivity index (χ2n) is 7.53. The summed E-state index contributed by atoms with van der Waals surface area (Å²) in [4.78, 5) is 16.3. The van der Waals surface area contributed by atoms with Crippen molar-refractivity contribution in [2.75, 3.05) is 39.9 Å². The van der Waals surface area contributed by atoms with Crippen molar-refractivity contribution in [2.24, 2.45) is 5.92 Å². The quantitative estimate of drug-likeness (QED) is 0.807. The smallest absolute Gasteiger partial charge is 0.339 e. The Morgan fingerprint density at radius 1 is 1.23 bits per heavy atom. The molecule has 0 aliphatic carbocycles. The zero-order valence-corrected chi connectivity index (χ0v) is 15.6. The summed E-state index contributed by atoms with van der Waals surface area (Å²) in [6, 6.07) is 6.04. The van der Waals surface area contributed by atoms with Gasteiger partial charge in [0.15, 0.2) is 0 Å². The maximum absolute atomic E-state index is 11.4. The van der Waals surface area contributed by atoms with E-state index in [9.17, 15) is 15.0 Å². The minimum atomic E-state index is -0.953. The number of ether oxygens (including phenoxy) is 1. The minimum Gasteiger partial charge on any atom is -0.496 e. The number of carbonyl (C=O) groups is 1. The molecule has 0 bridgehead atoms. The van der Waals surface area contributed by atoms with Gasteiger partial charge in [0.1, 0.15) is 11.3 Å². The fourth-order valence-electron chi connectivity index (χ4n) is 4.30. The normalized spacial score (nSPS) is 23.1. The number of aliphatic hydroxyl groups excluding tert-OH is 1. The number of hydrogen-bond donors (Lipinski definition) is 2. The number of piperidine rings is 2. The standard InChI is InChI=1S/C20H30N2O4/c1-26-19-5-4-15(11-18(19)20(24)25)12-21-9-6-17(7-10-21)22-8-2-3-16(13-22)14-23/h4-5,11,16-17,23H,2-3,6-10,12-14H2,1H3,(H,24,25). The van der Waals surface area contributed by atoms with Crippen LogP contribution >= 0.6 is 0 Å². The lowest BCUT2D eigenvalue weighted by atomic mass is 9.94. The molecule has 6 heteroatoms.